The van der Waals surface area contributed by atoms with Crippen LogP contribution in [0.3, 0.4) is 0 Å². The van der Waals surface area contributed by atoms with Gasteiger partial charge in [-0.1, -0.05) is 44.4 Å². The van der Waals surface area contributed by atoms with E-state index in [1.165, 1.54) is 6.42 Å². The molecule has 1 saturated carbocycles. The maximum absolute atomic E-state index is 12.4. The van der Waals surface area contributed by atoms with E-state index in [1.807, 2.05) is 31.2 Å². The van der Waals surface area contributed by atoms with Gasteiger partial charge in [-0.25, -0.2) is 0 Å². The Morgan fingerprint density at radius 2 is 2.00 bits per heavy atom. The van der Waals surface area contributed by atoms with E-state index in [0.29, 0.717) is 6.54 Å². The molecule has 1 amide bonds. The van der Waals surface area contributed by atoms with Crippen LogP contribution in [0.25, 0.3) is 0 Å². The third kappa shape index (κ3) is 4.23. The second-order valence-electron chi connectivity index (χ2n) is 6.34. The summed E-state index contributed by atoms with van der Waals surface area (Å²) in [6, 6.07) is 7.94. The van der Waals surface area contributed by atoms with Gasteiger partial charge in [0.1, 0.15) is 11.9 Å². The lowest BCUT2D eigenvalue weighted by Crippen LogP contribution is -2.56. The van der Waals surface area contributed by atoms with Gasteiger partial charge in [0, 0.05) is 0 Å². The van der Waals surface area contributed by atoms with Crippen molar-refractivity contribution in [2.75, 3.05) is 6.54 Å². The maximum atomic E-state index is 12.4. The van der Waals surface area contributed by atoms with Gasteiger partial charge in [-0.05, 0) is 37.8 Å². The van der Waals surface area contributed by atoms with Crippen molar-refractivity contribution in [3.05, 3.63) is 29.8 Å². The highest BCUT2D eigenvalue weighted by molar-refractivity contribution is 5.86. The van der Waals surface area contributed by atoms with E-state index in [2.05, 4.69) is 12.2 Å². The number of aryl methyl sites for hydroxylation is 1. The van der Waals surface area contributed by atoms with Crippen LogP contribution in [0.1, 0.15) is 51.0 Å². The lowest BCUT2D eigenvalue weighted by Gasteiger charge is -2.32. The molecule has 1 aromatic rings. The molecule has 0 aromatic heterocycles. The van der Waals surface area contributed by atoms with Crippen molar-refractivity contribution in [1.29, 1.82) is 0 Å². The Morgan fingerprint density at radius 3 is 2.64 bits per heavy atom. The summed E-state index contributed by atoms with van der Waals surface area (Å²) in [7, 11) is 0. The number of rotatable bonds is 6. The van der Waals surface area contributed by atoms with Gasteiger partial charge in [0.15, 0.2) is 0 Å². The molecule has 4 heteroatoms. The van der Waals surface area contributed by atoms with Crippen molar-refractivity contribution in [1.82, 2.24) is 5.32 Å². The van der Waals surface area contributed by atoms with Crippen LogP contribution in [-0.4, -0.2) is 24.1 Å². The van der Waals surface area contributed by atoms with E-state index in [1.54, 1.807) is 0 Å². The largest absolute Gasteiger partial charge is 0.488 e. The molecule has 22 heavy (non-hydrogen) atoms. The van der Waals surface area contributed by atoms with Crippen LogP contribution in [-0.2, 0) is 4.79 Å². The highest BCUT2D eigenvalue weighted by Crippen LogP contribution is 2.26. The molecule has 1 atom stereocenters. The van der Waals surface area contributed by atoms with Gasteiger partial charge in [0.05, 0.1) is 12.1 Å². The van der Waals surface area contributed by atoms with Gasteiger partial charge in [-0.3, -0.25) is 4.79 Å². The van der Waals surface area contributed by atoms with Crippen molar-refractivity contribution in [2.24, 2.45) is 5.73 Å². The molecule has 122 valence electrons. The Balaban J connectivity index is 1.88. The monoisotopic (exact) mass is 304 g/mol. The maximum Gasteiger partial charge on any atom is 0.240 e. The Bertz CT molecular complexity index is 496. The second kappa shape index (κ2) is 7.63. The summed E-state index contributed by atoms with van der Waals surface area (Å²) >= 11 is 0. The number of carbonyl (C=O) groups excluding carboxylic acids is 1. The molecular formula is C18H28N2O2. The molecule has 0 spiro atoms. The van der Waals surface area contributed by atoms with Crippen LogP contribution >= 0.6 is 0 Å². The minimum atomic E-state index is -0.681. The van der Waals surface area contributed by atoms with Crippen LogP contribution < -0.4 is 15.8 Å². The minimum absolute atomic E-state index is 0.0287. The number of benzene rings is 1. The first-order valence-corrected chi connectivity index (χ1v) is 8.34. The van der Waals surface area contributed by atoms with Crippen molar-refractivity contribution in [2.45, 2.75) is 64.0 Å². The lowest BCUT2D eigenvalue weighted by molar-refractivity contribution is -0.127. The fourth-order valence-electron chi connectivity index (χ4n) is 2.93. The van der Waals surface area contributed by atoms with E-state index in [-0.39, 0.29) is 12.0 Å². The van der Waals surface area contributed by atoms with Gasteiger partial charge in [0.25, 0.3) is 0 Å². The summed E-state index contributed by atoms with van der Waals surface area (Å²) < 4.78 is 6.01. The summed E-state index contributed by atoms with van der Waals surface area (Å²) in [6.45, 7) is 4.59. The first-order valence-electron chi connectivity index (χ1n) is 8.34. The first kappa shape index (κ1) is 16.8. The van der Waals surface area contributed by atoms with Crippen molar-refractivity contribution >= 4 is 5.91 Å². The van der Waals surface area contributed by atoms with Gasteiger partial charge in [0.2, 0.25) is 5.91 Å². The molecule has 3 N–H and O–H groups in total. The zero-order valence-electron chi connectivity index (χ0n) is 13.7. The van der Waals surface area contributed by atoms with Gasteiger partial charge >= 0.3 is 0 Å². The lowest BCUT2D eigenvalue weighted by atomic mass is 9.82. The standard InChI is InChI=1S/C18H28N2O2/c1-3-15(22-16-10-6-5-9-14(16)2)13-20-17(21)18(19)11-7-4-8-12-18/h5-6,9-10,15H,3-4,7-8,11-13,19H2,1-2H3,(H,20,21). The van der Waals surface area contributed by atoms with Gasteiger partial charge < -0.3 is 15.8 Å². The average Bonchev–Trinajstić information content (AvgIpc) is 2.53. The quantitative estimate of drug-likeness (QED) is 0.849. The molecule has 1 aliphatic rings. The number of nitrogens with one attached hydrogen (secondary N) is 1. The topological polar surface area (TPSA) is 64.4 Å². The van der Waals surface area contributed by atoms with E-state index in [9.17, 15) is 4.79 Å². The Hall–Kier alpha value is -1.55. The third-order valence-corrected chi connectivity index (χ3v) is 4.53. The van der Waals surface area contributed by atoms with E-state index >= 15 is 0 Å². The molecule has 0 aliphatic heterocycles. The molecule has 1 unspecified atom stereocenters. The van der Waals surface area contributed by atoms with Gasteiger partial charge in [-0.15, -0.1) is 0 Å². The molecule has 0 radical (unpaired) electrons. The predicted octanol–water partition coefficient (Wildman–Crippen LogP) is 2.93. The number of amides is 1. The molecule has 1 aliphatic carbocycles. The average molecular weight is 304 g/mol. The molecule has 1 aromatic carbocycles. The molecule has 0 bridgehead atoms. The zero-order valence-corrected chi connectivity index (χ0v) is 13.7. The molecule has 0 saturated heterocycles. The smallest absolute Gasteiger partial charge is 0.240 e. The van der Waals surface area contributed by atoms with E-state index in [0.717, 1.165) is 43.4 Å². The Morgan fingerprint density at radius 1 is 1.32 bits per heavy atom. The first-order chi connectivity index (χ1) is 10.5. The highest BCUT2D eigenvalue weighted by Gasteiger charge is 2.35. The fraction of sp³-hybridized carbons (Fsp3) is 0.611. The molecule has 4 nitrogen and oxygen atoms in total. The van der Waals surface area contributed by atoms with Crippen LogP contribution in [0, 0.1) is 6.92 Å². The van der Waals surface area contributed by atoms with Crippen molar-refractivity contribution in [3.63, 3.8) is 0 Å². The number of para-hydroxylation sites is 1. The fourth-order valence-corrected chi connectivity index (χ4v) is 2.93. The molecule has 1 fully saturated rings. The van der Waals surface area contributed by atoms with Crippen molar-refractivity contribution < 1.29 is 9.53 Å². The number of ether oxygens (including phenoxy) is 1. The highest BCUT2D eigenvalue weighted by atomic mass is 16.5. The Kier molecular flexibility index (Phi) is 5.83. The van der Waals surface area contributed by atoms with Crippen LogP contribution in [0.2, 0.25) is 0 Å². The molecular weight excluding hydrogens is 276 g/mol. The number of hydrogen-bond donors (Lipinski definition) is 2. The minimum Gasteiger partial charge on any atom is -0.488 e. The normalized spacial score (nSPS) is 18.5. The molecule has 2 rings (SSSR count). The number of nitrogens with two attached hydrogens (primary N) is 1. The summed E-state index contributed by atoms with van der Waals surface area (Å²) in [4.78, 5) is 12.4. The van der Waals surface area contributed by atoms with Crippen molar-refractivity contribution in [3.8, 4) is 5.75 Å². The second-order valence-corrected chi connectivity index (χ2v) is 6.34. The zero-order chi connectivity index (χ0) is 16.0. The van der Waals surface area contributed by atoms with Crippen LogP contribution in [0.5, 0.6) is 5.75 Å². The van der Waals surface area contributed by atoms with E-state index in [4.69, 9.17) is 10.5 Å². The van der Waals surface area contributed by atoms with Crippen LogP contribution in [0.4, 0.5) is 0 Å². The number of hydrogen-bond acceptors (Lipinski definition) is 3. The number of carbonyl (C=O) groups is 1. The summed E-state index contributed by atoms with van der Waals surface area (Å²) in [5, 5.41) is 2.99. The SMILES string of the molecule is CCC(CNC(=O)C1(N)CCCCC1)Oc1ccccc1C. The summed E-state index contributed by atoms with van der Waals surface area (Å²) in [5.74, 6) is 0.850. The Labute approximate surface area is 133 Å². The third-order valence-electron chi connectivity index (χ3n) is 4.53. The van der Waals surface area contributed by atoms with Crippen LogP contribution in [0.15, 0.2) is 24.3 Å². The summed E-state index contributed by atoms with van der Waals surface area (Å²) in [5.41, 5.74) is 6.68. The predicted molar refractivity (Wildman–Crippen MR) is 88.9 cm³/mol. The molecule has 0 heterocycles. The summed E-state index contributed by atoms with van der Waals surface area (Å²) in [6.07, 6.45) is 5.65. The van der Waals surface area contributed by atoms with E-state index < -0.39 is 5.54 Å². The van der Waals surface area contributed by atoms with Gasteiger partial charge in [-0.2, -0.15) is 0 Å².